The molecule has 1 rings (SSSR count). The average Bonchev–Trinajstić information content (AvgIpc) is 2.28. The number of benzene rings is 1. The summed E-state index contributed by atoms with van der Waals surface area (Å²) in [7, 11) is 0. The Morgan fingerprint density at radius 2 is 1.87 bits per heavy atom. The third kappa shape index (κ3) is 4.61. The summed E-state index contributed by atoms with van der Waals surface area (Å²) in [5.74, 6) is -1.01. The third-order valence-electron chi connectivity index (χ3n) is 1.84. The van der Waals surface area contributed by atoms with E-state index in [-0.39, 0.29) is 6.42 Å². The number of carboxylic acid groups (broad SMARTS) is 1. The van der Waals surface area contributed by atoms with Crippen LogP contribution in [-0.2, 0) is 17.6 Å². The van der Waals surface area contributed by atoms with Crippen molar-refractivity contribution < 1.29 is 23.2 Å². The molecular weight excluding hydrogens is 192 g/mol. The van der Waals surface area contributed by atoms with E-state index in [1.807, 2.05) is 0 Å². The van der Waals surface area contributed by atoms with Crippen LogP contribution in [0.3, 0.4) is 0 Å². The minimum absolute atomic E-state index is 0.191. The normalized spacial score (nSPS) is 19.0. The summed E-state index contributed by atoms with van der Waals surface area (Å²) in [6.07, 6.45) is -0.767. The van der Waals surface area contributed by atoms with Gasteiger partial charge in [-0.05, 0) is 24.8 Å². The molecule has 0 aromatic heterocycles. The number of aliphatic carboxylic acids is 1. The maximum Gasteiger partial charge on any atom is 0.307 e. The first-order valence-corrected chi connectivity index (χ1v) is 4.39. The maximum atomic E-state index is 10.6. The molecule has 0 bridgehead atoms. The van der Waals surface area contributed by atoms with Crippen LogP contribution in [0.1, 0.15) is 33.1 Å². The van der Waals surface area contributed by atoms with Crippen molar-refractivity contribution in [2.45, 2.75) is 32.1 Å². The van der Waals surface area contributed by atoms with Gasteiger partial charge in [0.1, 0.15) is 0 Å². The fourth-order valence-electron chi connectivity index (χ4n) is 1.24. The Labute approximate surface area is 97.8 Å². The Hall–Kier alpha value is -1.35. The number of hydrogen-bond acceptors (Lipinski definition) is 2. The van der Waals surface area contributed by atoms with Crippen molar-refractivity contribution in [1.82, 2.24) is 0 Å². The lowest BCUT2D eigenvalue weighted by Crippen LogP contribution is -2.21. The van der Waals surface area contributed by atoms with Crippen LogP contribution in [0.5, 0.6) is 0 Å². The lowest BCUT2D eigenvalue weighted by Gasteiger charge is -2.16. The van der Waals surface area contributed by atoms with Gasteiger partial charge in [-0.3, -0.25) is 4.79 Å². The maximum absolute atomic E-state index is 10.6. The van der Waals surface area contributed by atoms with Crippen molar-refractivity contribution in [3.8, 4) is 0 Å². The molecule has 1 aromatic carbocycles. The summed E-state index contributed by atoms with van der Waals surface area (Å²) in [6.45, 7) is -6.14. The Morgan fingerprint density at radius 3 is 2.33 bits per heavy atom. The van der Waals surface area contributed by atoms with E-state index in [1.54, 1.807) is 0 Å². The first-order valence-electron chi connectivity index (χ1n) is 7.39. The first-order chi connectivity index (χ1) is 9.37. The predicted molar refractivity (Wildman–Crippen MR) is 57.8 cm³/mol. The Kier molecular flexibility index (Phi) is 1.68. The van der Waals surface area contributed by atoms with Crippen molar-refractivity contribution in [1.29, 1.82) is 0 Å². The summed E-state index contributed by atoms with van der Waals surface area (Å²) in [6, 6.07) is 5.76. The van der Waals surface area contributed by atoms with E-state index in [4.69, 9.17) is 13.3 Å². The van der Waals surface area contributed by atoms with Crippen LogP contribution in [0, 0.1) is 0 Å². The molecule has 0 saturated heterocycles. The largest absolute Gasteiger partial charge is 0.481 e. The summed E-state index contributed by atoms with van der Waals surface area (Å²) in [5.41, 5.74) is -2.05. The van der Waals surface area contributed by atoms with Crippen molar-refractivity contribution in [3.63, 3.8) is 0 Å². The summed E-state index contributed by atoms with van der Waals surface area (Å²) in [5, 5.41) is 18.8. The molecule has 0 fully saturated rings. The van der Waals surface area contributed by atoms with E-state index in [0.717, 1.165) is 0 Å². The van der Waals surface area contributed by atoms with Gasteiger partial charge in [0.15, 0.2) is 0 Å². The molecule has 0 spiro atoms. The van der Waals surface area contributed by atoms with Gasteiger partial charge in [0.05, 0.1) is 12.0 Å². The first kappa shape index (κ1) is 5.66. The molecular formula is C12H16O3. The van der Waals surface area contributed by atoms with Crippen molar-refractivity contribution >= 4 is 5.97 Å². The van der Waals surface area contributed by atoms with E-state index in [1.165, 1.54) is 24.3 Å². The van der Waals surface area contributed by atoms with Crippen LogP contribution in [0.25, 0.3) is 0 Å². The summed E-state index contributed by atoms with van der Waals surface area (Å²) >= 11 is 0. The lowest BCUT2D eigenvalue weighted by molar-refractivity contribution is -0.136. The van der Waals surface area contributed by atoms with Crippen LogP contribution < -0.4 is 0 Å². The zero-order valence-corrected chi connectivity index (χ0v) is 8.03. The second kappa shape index (κ2) is 4.45. The number of carboxylic acids is 1. The van der Waals surface area contributed by atoms with Gasteiger partial charge in [-0.25, -0.2) is 0 Å². The quantitative estimate of drug-likeness (QED) is 0.801. The van der Waals surface area contributed by atoms with Gasteiger partial charge in [-0.1, -0.05) is 24.3 Å². The number of carbonyl (C=O) groups is 1. The molecule has 82 valence electrons. The number of hydrogen-bond donors (Lipinski definition) is 2. The fraction of sp³-hybridized carbons (Fsp3) is 0.417. The van der Waals surface area contributed by atoms with Crippen LogP contribution >= 0.6 is 0 Å². The molecule has 15 heavy (non-hydrogen) atoms. The van der Waals surface area contributed by atoms with E-state index in [0.29, 0.717) is 11.1 Å². The van der Waals surface area contributed by atoms with Gasteiger partial charge in [0, 0.05) is 14.6 Å². The zero-order chi connectivity index (χ0) is 16.5. The van der Waals surface area contributed by atoms with Gasteiger partial charge >= 0.3 is 5.97 Å². The van der Waals surface area contributed by atoms with E-state index in [9.17, 15) is 9.90 Å². The number of aliphatic hydroxyl groups is 1. The average molecular weight is 214 g/mol. The third-order valence-corrected chi connectivity index (χ3v) is 1.84. The highest BCUT2D eigenvalue weighted by atomic mass is 16.4. The lowest BCUT2D eigenvalue weighted by atomic mass is 9.97. The highest BCUT2D eigenvalue weighted by Crippen LogP contribution is 2.13. The van der Waals surface area contributed by atoms with E-state index < -0.39 is 31.7 Å². The summed E-state index contributed by atoms with van der Waals surface area (Å²) in [4.78, 5) is 10.6. The summed E-state index contributed by atoms with van der Waals surface area (Å²) < 4.78 is 43.6. The highest BCUT2D eigenvalue weighted by molar-refractivity contribution is 5.70. The standard InChI is InChI=1S/C12H16O3/c1-12(2,15)8-10-5-3-9(4-6-10)7-11(13)14/h3-6,15H,7-8H2,1-2H3,(H,13,14)/i1D3,2D3. The zero-order valence-electron chi connectivity index (χ0n) is 14.0. The molecule has 0 saturated carbocycles. The molecule has 0 aliphatic heterocycles. The monoisotopic (exact) mass is 214 g/mol. The van der Waals surface area contributed by atoms with Crippen molar-refractivity contribution in [2.24, 2.45) is 0 Å². The Morgan fingerprint density at radius 1 is 1.33 bits per heavy atom. The van der Waals surface area contributed by atoms with Gasteiger partial charge in [0.2, 0.25) is 0 Å². The molecule has 0 atom stereocenters. The van der Waals surface area contributed by atoms with E-state index in [2.05, 4.69) is 0 Å². The second-order valence-electron chi connectivity index (χ2n) is 3.42. The molecule has 0 aliphatic carbocycles. The Bertz CT molecular complexity index is 489. The van der Waals surface area contributed by atoms with Crippen LogP contribution in [-0.4, -0.2) is 21.8 Å². The van der Waals surface area contributed by atoms with Gasteiger partial charge < -0.3 is 10.2 Å². The SMILES string of the molecule is [2H]C([2H])([2H])C(O)(Cc1ccc(CC(=O)O)cc1)C([2H])([2H])[2H]. The van der Waals surface area contributed by atoms with Crippen molar-refractivity contribution in [3.05, 3.63) is 35.4 Å². The molecule has 2 N–H and O–H groups in total. The molecule has 0 unspecified atom stereocenters. The predicted octanol–water partition coefficient (Wildman–Crippen LogP) is 1.63. The van der Waals surface area contributed by atoms with Crippen LogP contribution in [0.4, 0.5) is 0 Å². The Balaban J connectivity index is 3.03. The second-order valence-corrected chi connectivity index (χ2v) is 3.42. The molecule has 0 aliphatic rings. The molecule has 3 heteroatoms. The topological polar surface area (TPSA) is 57.5 Å². The minimum Gasteiger partial charge on any atom is -0.481 e. The van der Waals surface area contributed by atoms with E-state index >= 15 is 0 Å². The van der Waals surface area contributed by atoms with Crippen LogP contribution in [0.15, 0.2) is 24.3 Å². The molecule has 3 nitrogen and oxygen atoms in total. The molecule has 0 heterocycles. The molecule has 0 radical (unpaired) electrons. The number of rotatable bonds is 4. The molecule has 0 amide bonds. The van der Waals surface area contributed by atoms with Crippen molar-refractivity contribution in [2.75, 3.05) is 0 Å². The van der Waals surface area contributed by atoms with Gasteiger partial charge in [-0.2, -0.15) is 0 Å². The van der Waals surface area contributed by atoms with Gasteiger partial charge in [-0.15, -0.1) is 0 Å². The van der Waals surface area contributed by atoms with Gasteiger partial charge in [0.25, 0.3) is 0 Å². The smallest absolute Gasteiger partial charge is 0.307 e. The van der Waals surface area contributed by atoms with Crippen LogP contribution in [0.2, 0.25) is 0 Å². The minimum atomic E-state index is -3.07. The highest BCUT2D eigenvalue weighted by Gasteiger charge is 2.13. The molecule has 1 aromatic rings. The fourth-order valence-corrected chi connectivity index (χ4v) is 1.24.